The second-order valence-corrected chi connectivity index (χ2v) is 14.6. The Morgan fingerprint density at radius 3 is 1.77 bits per heavy atom. The number of aromatic amines is 2. The van der Waals surface area contributed by atoms with Gasteiger partial charge in [-0.3, -0.25) is 9.59 Å². The van der Waals surface area contributed by atoms with E-state index in [0.717, 1.165) is 63.6 Å². The Bertz CT molecular complexity index is 2300. The van der Waals surface area contributed by atoms with Crippen LogP contribution in [0.3, 0.4) is 0 Å². The summed E-state index contributed by atoms with van der Waals surface area (Å²) in [4.78, 5) is 70.6. The lowest BCUT2D eigenvalue weighted by molar-refractivity contribution is -0.148. The average Bonchev–Trinajstić information content (AvgIpc) is 4.08. The van der Waals surface area contributed by atoms with Gasteiger partial charge in [-0.2, -0.15) is 0 Å². The average molecular weight is 784 g/mol. The number of H-pyrrole nitrogens is 2. The summed E-state index contributed by atoms with van der Waals surface area (Å²) in [5.41, 5.74) is 10.8. The number of aryl methyl sites for hydroxylation is 1. The molecule has 0 unspecified atom stereocenters. The minimum absolute atomic E-state index is 0.258. The molecule has 0 saturated carbocycles. The first-order valence-corrected chi connectivity index (χ1v) is 19.0. The van der Waals surface area contributed by atoms with Gasteiger partial charge in [-0.1, -0.05) is 24.3 Å². The van der Waals surface area contributed by atoms with E-state index < -0.39 is 36.5 Å². The number of amides is 4. The van der Waals surface area contributed by atoms with E-state index in [2.05, 4.69) is 61.2 Å². The van der Waals surface area contributed by atoms with Gasteiger partial charge in [0, 0.05) is 67.3 Å². The van der Waals surface area contributed by atoms with E-state index in [9.17, 15) is 19.2 Å². The predicted octanol–water partition coefficient (Wildman–Crippen LogP) is 4.70. The number of carbonyl (C=O) groups excluding carboxylic acids is 4. The Labute approximate surface area is 329 Å². The van der Waals surface area contributed by atoms with E-state index in [4.69, 9.17) is 29.7 Å². The Morgan fingerprint density at radius 2 is 1.30 bits per heavy atom. The van der Waals surface area contributed by atoms with Crippen LogP contribution < -0.4 is 11.1 Å². The molecular weight excluding hydrogens is 734 g/mol. The normalized spacial score (nSPS) is 19.1. The number of primary amides is 1. The first kappa shape index (κ1) is 39.3. The molecule has 2 saturated heterocycles. The third kappa shape index (κ3) is 7.51. The summed E-state index contributed by atoms with van der Waals surface area (Å²) in [7, 11) is 6.23. The number of nitrogens with zero attached hydrogens (tertiary/aromatic N) is 5. The summed E-state index contributed by atoms with van der Waals surface area (Å²) >= 11 is 0. The molecular formula is C40H49N9O8. The topological polar surface area (TPSA) is 212 Å². The molecule has 0 aliphatic carbocycles. The van der Waals surface area contributed by atoms with Crippen LogP contribution in [0.4, 0.5) is 9.59 Å². The van der Waals surface area contributed by atoms with Crippen LogP contribution in [0.25, 0.3) is 44.3 Å². The standard InChI is InChI=1S/C40H49N9O8/c1-21(54-4)33(46-40(53)56-6)37(50)48-15-7-9-29(48)35-42-19-27(44-35)23-11-13-25-26-14-12-24(18-32(26)47(3)31(25)17-23)28-20-43-36(45-28)30-10-8-16-49(30)38(51)34(22(2)55-5)57-39(41)52/h11-14,17-22,29-30,33-34H,7-10,15-16H2,1-6H3,(H2,41,52)(H,42,44)(H,43,45)(H,46,53)/t21-,22-,29+,30+,33+,34+/m1/s1. The largest absolute Gasteiger partial charge is 0.453 e. The van der Waals surface area contributed by atoms with Crippen molar-refractivity contribution in [2.24, 2.45) is 12.8 Å². The van der Waals surface area contributed by atoms with Crippen LogP contribution in [0.15, 0.2) is 48.8 Å². The molecule has 0 spiro atoms. The summed E-state index contributed by atoms with van der Waals surface area (Å²) in [6.45, 7) is 4.40. The third-order valence-corrected chi connectivity index (χ3v) is 11.4. The van der Waals surface area contributed by atoms with Crippen LogP contribution in [0.5, 0.6) is 0 Å². The Balaban J connectivity index is 1.11. The fourth-order valence-corrected chi connectivity index (χ4v) is 8.11. The molecule has 17 nitrogen and oxygen atoms in total. The number of hydrogen-bond acceptors (Lipinski definition) is 10. The fourth-order valence-electron chi connectivity index (χ4n) is 8.11. The van der Waals surface area contributed by atoms with Gasteiger partial charge in [0.15, 0.2) is 0 Å². The number of ether oxygens (including phenoxy) is 4. The molecule has 7 rings (SSSR count). The van der Waals surface area contributed by atoms with Crippen molar-refractivity contribution in [2.45, 2.75) is 76.0 Å². The summed E-state index contributed by atoms with van der Waals surface area (Å²) in [6, 6.07) is 11.0. The number of carbonyl (C=O) groups is 4. The van der Waals surface area contributed by atoms with E-state index in [1.165, 1.54) is 21.3 Å². The van der Waals surface area contributed by atoms with Crippen molar-refractivity contribution in [2.75, 3.05) is 34.4 Å². The quantitative estimate of drug-likeness (QED) is 0.137. The van der Waals surface area contributed by atoms with Crippen molar-refractivity contribution < 1.29 is 38.1 Å². The van der Waals surface area contributed by atoms with Crippen LogP contribution in [0.1, 0.15) is 63.3 Å². The number of alkyl carbamates (subject to hydrolysis) is 1. The summed E-state index contributed by atoms with van der Waals surface area (Å²) in [6.07, 6.45) is 2.40. The van der Waals surface area contributed by atoms with E-state index in [0.29, 0.717) is 31.2 Å². The number of benzene rings is 2. The summed E-state index contributed by atoms with van der Waals surface area (Å²) < 4.78 is 22.8. The zero-order valence-electron chi connectivity index (χ0n) is 32.9. The van der Waals surface area contributed by atoms with Gasteiger partial charge in [0.05, 0.1) is 49.1 Å². The van der Waals surface area contributed by atoms with E-state index in [1.54, 1.807) is 36.0 Å². The Kier molecular flexibility index (Phi) is 11.2. The molecule has 6 atom stereocenters. The molecule has 5 aromatic rings. The second kappa shape index (κ2) is 16.3. The van der Waals surface area contributed by atoms with Crippen LogP contribution in [0, 0.1) is 0 Å². The molecule has 2 aliphatic rings. The maximum atomic E-state index is 13.7. The minimum Gasteiger partial charge on any atom is -0.453 e. The Hall–Kier alpha value is -5.94. The van der Waals surface area contributed by atoms with Crippen LogP contribution in [0.2, 0.25) is 0 Å². The molecule has 4 amide bonds. The minimum atomic E-state index is -1.16. The van der Waals surface area contributed by atoms with Crippen molar-refractivity contribution in [3.05, 3.63) is 60.4 Å². The molecule has 5 heterocycles. The monoisotopic (exact) mass is 783 g/mol. The second-order valence-electron chi connectivity index (χ2n) is 14.6. The van der Waals surface area contributed by atoms with Crippen molar-refractivity contribution in [1.82, 2.24) is 39.6 Å². The number of nitrogens with two attached hydrogens (primary N) is 1. The molecule has 17 heteroatoms. The number of aromatic nitrogens is 5. The van der Waals surface area contributed by atoms with Gasteiger partial charge in [0.2, 0.25) is 12.0 Å². The lowest BCUT2D eigenvalue weighted by Crippen LogP contribution is -2.54. The highest BCUT2D eigenvalue weighted by Gasteiger charge is 2.40. The number of methoxy groups -OCH3 is 3. The third-order valence-electron chi connectivity index (χ3n) is 11.4. The Morgan fingerprint density at radius 1 is 0.789 bits per heavy atom. The first-order valence-electron chi connectivity index (χ1n) is 19.0. The number of hydrogen-bond donors (Lipinski definition) is 4. The number of nitrogens with one attached hydrogen (secondary N) is 3. The predicted molar refractivity (Wildman–Crippen MR) is 210 cm³/mol. The van der Waals surface area contributed by atoms with E-state index in [1.807, 2.05) is 7.05 Å². The van der Waals surface area contributed by atoms with E-state index >= 15 is 0 Å². The van der Waals surface area contributed by atoms with Crippen molar-refractivity contribution in [3.8, 4) is 22.5 Å². The van der Waals surface area contributed by atoms with Crippen molar-refractivity contribution >= 4 is 45.8 Å². The molecule has 2 fully saturated rings. The zero-order valence-corrected chi connectivity index (χ0v) is 32.9. The molecule has 0 radical (unpaired) electrons. The maximum absolute atomic E-state index is 13.7. The molecule has 302 valence electrons. The van der Waals surface area contributed by atoms with E-state index in [-0.39, 0.29) is 23.9 Å². The molecule has 3 aromatic heterocycles. The van der Waals surface area contributed by atoms with Gasteiger partial charge in [-0.15, -0.1) is 0 Å². The van der Waals surface area contributed by atoms with Gasteiger partial charge in [-0.05, 0) is 51.7 Å². The van der Waals surface area contributed by atoms with Gasteiger partial charge in [0.1, 0.15) is 23.8 Å². The highest BCUT2D eigenvalue weighted by molar-refractivity contribution is 6.09. The van der Waals surface area contributed by atoms with Crippen LogP contribution >= 0.6 is 0 Å². The van der Waals surface area contributed by atoms with Gasteiger partial charge >= 0.3 is 12.2 Å². The molecule has 0 bridgehead atoms. The number of likely N-dealkylation sites (tertiary alicyclic amines) is 2. The number of imidazole rings is 2. The SMILES string of the molecule is COC(=O)N[C@H](C(=O)N1CCC[C@H]1c1ncc(-c2ccc3c4ccc(-c5cnc([C@@H]6CCCN6C(=O)[C@@H](OC(N)=O)[C@@H](C)OC)[nH]5)cc4n(C)c3c2)[nH]1)[C@@H](C)OC. The molecule has 2 aromatic carbocycles. The highest BCUT2D eigenvalue weighted by atomic mass is 16.6. The number of fused-ring (bicyclic) bond motifs is 3. The van der Waals surface area contributed by atoms with Gasteiger partial charge in [0.25, 0.3) is 5.91 Å². The molecule has 5 N–H and O–H groups in total. The highest BCUT2D eigenvalue weighted by Crippen LogP contribution is 2.37. The van der Waals surface area contributed by atoms with Crippen LogP contribution in [-0.2, 0) is 35.6 Å². The molecule has 2 aliphatic heterocycles. The first-order chi connectivity index (χ1) is 27.4. The lowest BCUT2D eigenvalue weighted by atomic mass is 10.1. The fraction of sp³-hybridized carbons (Fsp3) is 0.450. The lowest BCUT2D eigenvalue weighted by Gasteiger charge is -2.30. The number of rotatable bonds is 12. The summed E-state index contributed by atoms with van der Waals surface area (Å²) in [5, 5.41) is 4.81. The van der Waals surface area contributed by atoms with Crippen molar-refractivity contribution in [3.63, 3.8) is 0 Å². The van der Waals surface area contributed by atoms with Gasteiger partial charge in [-0.25, -0.2) is 19.6 Å². The maximum Gasteiger partial charge on any atom is 0.407 e. The molecule has 57 heavy (non-hydrogen) atoms. The zero-order chi connectivity index (χ0) is 40.5. The van der Waals surface area contributed by atoms with Gasteiger partial charge < -0.3 is 54.3 Å². The summed E-state index contributed by atoms with van der Waals surface area (Å²) in [5.74, 6) is 0.683. The van der Waals surface area contributed by atoms with Crippen LogP contribution in [-0.4, -0.2) is 117 Å². The van der Waals surface area contributed by atoms with Crippen molar-refractivity contribution in [1.29, 1.82) is 0 Å². The smallest absolute Gasteiger partial charge is 0.407 e.